The lowest BCUT2D eigenvalue weighted by molar-refractivity contribution is -0.139. The Bertz CT molecular complexity index is 1430. The lowest BCUT2D eigenvalue weighted by Crippen LogP contribution is -2.52. The van der Waals surface area contributed by atoms with Crippen LogP contribution in [0.15, 0.2) is 77.7 Å². The van der Waals surface area contributed by atoms with E-state index < -0.39 is 40.2 Å². The summed E-state index contributed by atoms with van der Waals surface area (Å²) >= 11 is 0. The lowest BCUT2D eigenvalue weighted by atomic mass is 10.1. The molecule has 0 spiro atoms. The number of rotatable bonds is 12. The number of carbonyl (C=O) groups excluding carboxylic acids is 2. The van der Waals surface area contributed by atoms with E-state index in [0.717, 1.165) is 15.4 Å². The van der Waals surface area contributed by atoms with Gasteiger partial charge in [0.1, 0.15) is 18.4 Å². The monoisotopic (exact) mass is 567 g/mol. The molecule has 0 bridgehead atoms. The molecule has 3 rings (SSSR count). The number of sulfonamides is 1. The van der Waals surface area contributed by atoms with Crippen LogP contribution in [-0.2, 0) is 32.6 Å². The molecule has 40 heavy (non-hydrogen) atoms. The van der Waals surface area contributed by atoms with Gasteiger partial charge in [0, 0.05) is 18.2 Å². The molecule has 0 fully saturated rings. The van der Waals surface area contributed by atoms with Gasteiger partial charge >= 0.3 is 0 Å². The van der Waals surface area contributed by atoms with Gasteiger partial charge in [0.05, 0.1) is 10.6 Å². The number of nitrogens with one attached hydrogen (secondary N) is 1. The second-order valence-electron chi connectivity index (χ2n) is 9.91. The van der Waals surface area contributed by atoms with Crippen LogP contribution in [0.2, 0.25) is 0 Å². The SMILES string of the molecule is CCc1ccccc1N(CC(=O)N(Cc1ccccc1F)[C@@H](C)C(=O)N[C@H](C)CC)S(=O)(=O)c1ccc(C)cc1. The molecule has 0 unspecified atom stereocenters. The van der Waals surface area contributed by atoms with Gasteiger partial charge in [-0.1, -0.05) is 67.9 Å². The van der Waals surface area contributed by atoms with E-state index in [0.29, 0.717) is 18.5 Å². The highest BCUT2D eigenvalue weighted by molar-refractivity contribution is 7.92. The molecule has 0 aliphatic heterocycles. The maximum absolute atomic E-state index is 14.7. The first-order valence-corrected chi connectivity index (χ1v) is 14.9. The quantitative estimate of drug-likeness (QED) is 0.325. The predicted octanol–water partition coefficient (Wildman–Crippen LogP) is 5.22. The van der Waals surface area contributed by atoms with Crippen LogP contribution >= 0.6 is 0 Å². The van der Waals surface area contributed by atoms with Gasteiger partial charge in [-0.15, -0.1) is 0 Å². The van der Waals surface area contributed by atoms with Crippen LogP contribution in [0.5, 0.6) is 0 Å². The highest BCUT2D eigenvalue weighted by atomic mass is 32.2. The maximum Gasteiger partial charge on any atom is 0.264 e. The van der Waals surface area contributed by atoms with Crippen molar-refractivity contribution in [1.82, 2.24) is 10.2 Å². The molecule has 0 radical (unpaired) electrons. The predicted molar refractivity (Wildman–Crippen MR) is 156 cm³/mol. The second kappa shape index (κ2) is 13.6. The highest BCUT2D eigenvalue weighted by Crippen LogP contribution is 2.28. The zero-order valence-electron chi connectivity index (χ0n) is 23.7. The van der Waals surface area contributed by atoms with E-state index in [1.807, 2.05) is 39.8 Å². The number of anilines is 1. The lowest BCUT2D eigenvalue weighted by Gasteiger charge is -2.33. The minimum absolute atomic E-state index is 0.0417. The van der Waals surface area contributed by atoms with Crippen LogP contribution in [0.4, 0.5) is 10.1 Å². The topological polar surface area (TPSA) is 86.8 Å². The van der Waals surface area contributed by atoms with Gasteiger partial charge in [-0.3, -0.25) is 13.9 Å². The van der Waals surface area contributed by atoms with Crippen molar-refractivity contribution in [3.05, 3.63) is 95.3 Å². The van der Waals surface area contributed by atoms with E-state index in [9.17, 15) is 22.4 Å². The van der Waals surface area contributed by atoms with Gasteiger partial charge in [0.25, 0.3) is 10.0 Å². The molecule has 0 aliphatic carbocycles. The van der Waals surface area contributed by atoms with Gasteiger partial charge in [-0.25, -0.2) is 12.8 Å². The van der Waals surface area contributed by atoms with Crippen molar-refractivity contribution in [2.24, 2.45) is 0 Å². The fourth-order valence-electron chi connectivity index (χ4n) is 4.26. The summed E-state index contributed by atoms with van der Waals surface area (Å²) in [6, 6.07) is 18.3. The van der Waals surface area contributed by atoms with Crippen molar-refractivity contribution < 1.29 is 22.4 Å². The van der Waals surface area contributed by atoms with Crippen molar-refractivity contribution in [3.8, 4) is 0 Å². The zero-order valence-corrected chi connectivity index (χ0v) is 24.5. The minimum Gasteiger partial charge on any atom is -0.352 e. The number of para-hydroxylation sites is 1. The Morgan fingerprint density at radius 1 is 0.900 bits per heavy atom. The number of nitrogens with zero attached hydrogens (tertiary/aromatic N) is 2. The minimum atomic E-state index is -4.17. The van der Waals surface area contributed by atoms with E-state index in [1.54, 1.807) is 49.4 Å². The van der Waals surface area contributed by atoms with Gasteiger partial charge in [0.2, 0.25) is 11.8 Å². The summed E-state index contributed by atoms with van der Waals surface area (Å²) in [5.41, 5.74) is 2.24. The average molecular weight is 568 g/mol. The smallest absolute Gasteiger partial charge is 0.264 e. The zero-order chi connectivity index (χ0) is 29.4. The third-order valence-corrected chi connectivity index (χ3v) is 8.77. The molecular weight excluding hydrogens is 529 g/mol. The first-order chi connectivity index (χ1) is 19.0. The highest BCUT2D eigenvalue weighted by Gasteiger charge is 2.33. The molecule has 9 heteroatoms. The average Bonchev–Trinajstić information content (AvgIpc) is 2.95. The molecule has 3 aromatic rings. The van der Waals surface area contributed by atoms with E-state index in [2.05, 4.69) is 5.32 Å². The number of aryl methyl sites for hydroxylation is 2. The van der Waals surface area contributed by atoms with Gasteiger partial charge in [0.15, 0.2) is 0 Å². The molecule has 0 heterocycles. The standard InChI is InChI=1S/C31H38FN3O4S/c1-6-23(4)33-31(37)24(5)34(20-26-13-8-10-14-28(26)32)30(36)21-35(29-15-11-9-12-25(29)7-2)40(38,39)27-18-16-22(3)17-19-27/h8-19,23-24H,6-7,20-21H2,1-5H3,(H,33,37)/t23-,24+/m1/s1. The summed E-state index contributed by atoms with van der Waals surface area (Å²) in [6.45, 7) is 8.34. The number of amides is 2. The van der Waals surface area contributed by atoms with E-state index in [4.69, 9.17) is 0 Å². The fourth-order valence-corrected chi connectivity index (χ4v) is 5.71. The van der Waals surface area contributed by atoms with Crippen LogP contribution in [-0.4, -0.2) is 43.8 Å². The summed E-state index contributed by atoms with van der Waals surface area (Å²) in [6.07, 6.45) is 1.23. The van der Waals surface area contributed by atoms with Crippen molar-refractivity contribution >= 4 is 27.5 Å². The largest absolute Gasteiger partial charge is 0.352 e. The molecule has 0 saturated carbocycles. The Kier molecular flexibility index (Phi) is 10.5. The molecule has 0 aromatic heterocycles. The third kappa shape index (κ3) is 7.27. The molecule has 7 nitrogen and oxygen atoms in total. The molecular formula is C31H38FN3O4S. The molecule has 214 valence electrons. The molecule has 0 aliphatic rings. The molecule has 1 N–H and O–H groups in total. The van der Waals surface area contributed by atoms with E-state index in [-0.39, 0.29) is 23.0 Å². The van der Waals surface area contributed by atoms with E-state index >= 15 is 0 Å². The third-order valence-electron chi connectivity index (χ3n) is 7.00. The van der Waals surface area contributed by atoms with Gasteiger partial charge < -0.3 is 10.2 Å². The van der Waals surface area contributed by atoms with Crippen molar-refractivity contribution in [1.29, 1.82) is 0 Å². The number of hydrogen-bond acceptors (Lipinski definition) is 4. The van der Waals surface area contributed by atoms with Crippen LogP contribution in [0, 0.1) is 12.7 Å². The Labute approximate surface area is 237 Å². The summed E-state index contributed by atoms with van der Waals surface area (Å²) in [5, 5.41) is 2.87. The van der Waals surface area contributed by atoms with E-state index in [1.165, 1.54) is 23.1 Å². The van der Waals surface area contributed by atoms with Crippen LogP contribution in [0.1, 0.15) is 50.8 Å². The van der Waals surface area contributed by atoms with Gasteiger partial charge in [-0.05, 0) is 63.4 Å². The van der Waals surface area contributed by atoms with Crippen molar-refractivity contribution in [2.75, 3.05) is 10.8 Å². The fraction of sp³-hybridized carbons (Fsp3) is 0.355. The normalized spacial score (nSPS) is 12.8. The summed E-state index contributed by atoms with van der Waals surface area (Å²) in [5.74, 6) is -1.55. The Balaban J connectivity index is 2.07. The Morgan fingerprint density at radius 3 is 2.10 bits per heavy atom. The van der Waals surface area contributed by atoms with Gasteiger partial charge in [-0.2, -0.15) is 0 Å². The van der Waals surface area contributed by atoms with Crippen molar-refractivity contribution in [2.45, 2.75) is 71.0 Å². The second-order valence-corrected chi connectivity index (χ2v) is 11.8. The summed E-state index contributed by atoms with van der Waals surface area (Å²) < 4.78 is 43.7. The molecule has 3 aromatic carbocycles. The number of halogens is 1. The number of hydrogen-bond donors (Lipinski definition) is 1. The first-order valence-electron chi connectivity index (χ1n) is 13.5. The van der Waals surface area contributed by atoms with Crippen LogP contribution in [0.3, 0.4) is 0 Å². The Hall–Kier alpha value is -3.72. The van der Waals surface area contributed by atoms with Crippen LogP contribution < -0.4 is 9.62 Å². The Morgan fingerprint density at radius 2 is 1.50 bits per heavy atom. The molecule has 2 atom stereocenters. The molecule has 2 amide bonds. The maximum atomic E-state index is 14.7. The summed E-state index contributed by atoms with van der Waals surface area (Å²) in [7, 11) is -4.17. The van der Waals surface area contributed by atoms with Crippen molar-refractivity contribution in [3.63, 3.8) is 0 Å². The number of benzene rings is 3. The number of carbonyl (C=O) groups is 2. The molecule has 0 saturated heterocycles. The van der Waals surface area contributed by atoms with Crippen LogP contribution in [0.25, 0.3) is 0 Å². The first kappa shape index (κ1) is 30.8. The summed E-state index contributed by atoms with van der Waals surface area (Å²) in [4.78, 5) is 28.4.